The second-order valence-electron chi connectivity index (χ2n) is 4.88. The van der Waals surface area contributed by atoms with E-state index in [-0.39, 0.29) is 5.91 Å². The summed E-state index contributed by atoms with van der Waals surface area (Å²) in [7, 11) is 1.64. The van der Waals surface area contributed by atoms with Crippen LogP contribution in [-0.4, -0.2) is 73.7 Å². The van der Waals surface area contributed by atoms with Crippen molar-refractivity contribution in [2.75, 3.05) is 64.0 Å². The minimum atomic E-state index is -0.0134. The smallest absolute Gasteiger partial charge is 0.267 e. The van der Waals surface area contributed by atoms with Crippen LogP contribution in [0.4, 0.5) is 10.9 Å². The Kier molecular flexibility index (Phi) is 5.77. The summed E-state index contributed by atoms with van der Waals surface area (Å²) in [5.41, 5.74) is 5.88. The van der Waals surface area contributed by atoms with Gasteiger partial charge in [-0.25, -0.2) is 4.98 Å². The molecule has 2 rings (SSSR count). The minimum Gasteiger partial charge on any atom is -0.383 e. The fourth-order valence-corrected chi connectivity index (χ4v) is 3.11. The Morgan fingerprint density at radius 1 is 1.43 bits per heavy atom. The van der Waals surface area contributed by atoms with Crippen LogP contribution < -0.4 is 11.1 Å². The van der Waals surface area contributed by atoms with E-state index >= 15 is 0 Å². The predicted octanol–water partition coefficient (Wildman–Crippen LogP) is 0.561. The normalized spacial score (nSPS) is 16.2. The Labute approximate surface area is 129 Å². The summed E-state index contributed by atoms with van der Waals surface area (Å²) in [6, 6.07) is 0. The number of nitrogens with two attached hydrogens (primary N) is 1. The number of anilines is 2. The predicted molar refractivity (Wildman–Crippen MR) is 84.9 cm³/mol. The lowest BCUT2D eigenvalue weighted by Gasteiger charge is -2.33. The van der Waals surface area contributed by atoms with E-state index in [1.807, 2.05) is 4.90 Å². The maximum Gasteiger partial charge on any atom is 0.267 e. The number of piperazine rings is 1. The number of hydrogen-bond acceptors (Lipinski definition) is 7. The molecule has 1 aromatic rings. The van der Waals surface area contributed by atoms with Crippen molar-refractivity contribution in [3.63, 3.8) is 0 Å². The number of carbonyl (C=O) groups excluding carboxylic acids is 1. The fraction of sp³-hybridized carbons (Fsp3) is 0.692. The molecule has 1 aliphatic rings. The third-order valence-electron chi connectivity index (χ3n) is 3.54. The lowest BCUT2D eigenvalue weighted by atomic mass is 10.3. The highest BCUT2D eigenvalue weighted by atomic mass is 32.1. The number of thiazole rings is 1. The highest BCUT2D eigenvalue weighted by Gasteiger charge is 2.25. The minimum absolute atomic E-state index is 0.0134. The fourth-order valence-electron chi connectivity index (χ4n) is 2.23. The Morgan fingerprint density at radius 3 is 2.76 bits per heavy atom. The van der Waals surface area contributed by atoms with Gasteiger partial charge in [-0.1, -0.05) is 18.3 Å². The van der Waals surface area contributed by atoms with E-state index in [0.717, 1.165) is 32.7 Å². The lowest BCUT2D eigenvalue weighted by molar-refractivity contribution is 0.0649. The van der Waals surface area contributed by atoms with Gasteiger partial charge >= 0.3 is 0 Å². The lowest BCUT2D eigenvalue weighted by Crippen LogP contribution is -2.48. The Morgan fingerprint density at radius 2 is 2.14 bits per heavy atom. The zero-order valence-corrected chi connectivity index (χ0v) is 13.4. The average Bonchev–Trinajstić information content (AvgIpc) is 2.88. The summed E-state index contributed by atoms with van der Waals surface area (Å²) in [5, 5.41) is 3.77. The number of nitrogens with one attached hydrogen (secondary N) is 1. The summed E-state index contributed by atoms with van der Waals surface area (Å²) in [6.45, 7) is 7.72. The number of nitrogens with zero attached hydrogens (tertiary/aromatic N) is 3. The van der Waals surface area contributed by atoms with Crippen LogP contribution >= 0.6 is 11.3 Å². The first kappa shape index (κ1) is 16.0. The summed E-state index contributed by atoms with van der Waals surface area (Å²) in [6.07, 6.45) is 0. The summed E-state index contributed by atoms with van der Waals surface area (Å²) >= 11 is 1.31. The molecule has 0 aromatic carbocycles. The second kappa shape index (κ2) is 7.58. The molecule has 1 amide bonds. The first-order valence-electron chi connectivity index (χ1n) is 7.16. The van der Waals surface area contributed by atoms with Crippen molar-refractivity contribution >= 4 is 28.2 Å². The molecular formula is C13H23N5O2S. The molecule has 0 atom stereocenters. The maximum absolute atomic E-state index is 12.5. The van der Waals surface area contributed by atoms with Gasteiger partial charge in [0.1, 0.15) is 10.7 Å². The number of carbonyl (C=O) groups is 1. The Hall–Kier alpha value is -1.38. The van der Waals surface area contributed by atoms with Gasteiger partial charge in [-0.15, -0.1) is 0 Å². The number of rotatable bonds is 6. The topological polar surface area (TPSA) is 83.7 Å². The molecule has 118 valence electrons. The van der Waals surface area contributed by atoms with Crippen LogP contribution in [0.1, 0.15) is 16.6 Å². The van der Waals surface area contributed by atoms with Gasteiger partial charge in [0.05, 0.1) is 6.61 Å². The third-order valence-corrected chi connectivity index (χ3v) is 4.55. The number of hydrogen-bond donors (Lipinski definition) is 2. The molecule has 1 fully saturated rings. The van der Waals surface area contributed by atoms with Gasteiger partial charge in [0.25, 0.3) is 5.91 Å². The molecular weight excluding hydrogens is 290 g/mol. The molecule has 0 saturated carbocycles. The zero-order chi connectivity index (χ0) is 15.2. The van der Waals surface area contributed by atoms with Gasteiger partial charge in [-0.3, -0.25) is 4.79 Å². The SMILES string of the molecule is CCN1CCN(C(=O)c2sc(NCCOC)nc2N)CC1. The van der Waals surface area contributed by atoms with Gasteiger partial charge in [-0.05, 0) is 6.54 Å². The standard InChI is InChI=1S/C13H23N5O2S/c1-3-17-5-7-18(8-6-17)12(19)10-11(14)16-13(21-10)15-4-9-20-2/h3-9,14H2,1-2H3,(H,15,16). The second-order valence-corrected chi connectivity index (χ2v) is 5.88. The Bertz CT molecular complexity index is 471. The van der Waals surface area contributed by atoms with Crippen LogP contribution in [0, 0.1) is 0 Å². The van der Waals surface area contributed by atoms with Crippen molar-refractivity contribution in [3.05, 3.63) is 4.88 Å². The van der Waals surface area contributed by atoms with Crippen LogP contribution in [0.3, 0.4) is 0 Å². The molecule has 2 heterocycles. The molecule has 7 nitrogen and oxygen atoms in total. The number of methoxy groups -OCH3 is 1. The molecule has 1 aliphatic heterocycles. The monoisotopic (exact) mass is 313 g/mol. The van der Waals surface area contributed by atoms with E-state index in [4.69, 9.17) is 10.5 Å². The highest BCUT2D eigenvalue weighted by Crippen LogP contribution is 2.26. The maximum atomic E-state index is 12.5. The van der Waals surface area contributed by atoms with E-state index < -0.39 is 0 Å². The summed E-state index contributed by atoms with van der Waals surface area (Å²) in [5.74, 6) is 0.295. The van der Waals surface area contributed by atoms with Crippen molar-refractivity contribution in [2.24, 2.45) is 0 Å². The van der Waals surface area contributed by atoms with Crippen molar-refractivity contribution in [3.8, 4) is 0 Å². The van der Waals surface area contributed by atoms with Crippen LogP contribution in [0.2, 0.25) is 0 Å². The van der Waals surface area contributed by atoms with E-state index in [2.05, 4.69) is 22.1 Å². The van der Waals surface area contributed by atoms with E-state index in [0.29, 0.717) is 29.0 Å². The van der Waals surface area contributed by atoms with Gasteiger partial charge in [0, 0.05) is 39.8 Å². The van der Waals surface area contributed by atoms with Gasteiger partial charge in [-0.2, -0.15) is 0 Å². The average molecular weight is 313 g/mol. The number of likely N-dealkylation sites (N-methyl/N-ethyl adjacent to an activating group) is 1. The molecule has 3 N–H and O–H groups in total. The molecule has 0 radical (unpaired) electrons. The summed E-state index contributed by atoms with van der Waals surface area (Å²) in [4.78, 5) is 21.4. The van der Waals surface area contributed by atoms with Crippen molar-refractivity contribution in [1.29, 1.82) is 0 Å². The molecule has 8 heteroatoms. The van der Waals surface area contributed by atoms with Crippen LogP contribution in [0.25, 0.3) is 0 Å². The van der Waals surface area contributed by atoms with Crippen LogP contribution in [0.5, 0.6) is 0 Å². The number of amides is 1. The first-order valence-corrected chi connectivity index (χ1v) is 7.98. The molecule has 1 aromatic heterocycles. The molecule has 0 aliphatic carbocycles. The highest BCUT2D eigenvalue weighted by molar-refractivity contribution is 7.18. The number of aromatic nitrogens is 1. The van der Waals surface area contributed by atoms with Crippen molar-refractivity contribution in [1.82, 2.24) is 14.8 Å². The molecule has 0 spiro atoms. The summed E-state index contributed by atoms with van der Waals surface area (Å²) < 4.78 is 4.97. The van der Waals surface area contributed by atoms with E-state index in [1.165, 1.54) is 11.3 Å². The quantitative estimate of drug-likeness (QED) is 0.747. The van der Waals surface area contributed by atoms with Gasteiger partial charge in [0.2, 0.25) is 0 Å². The zero-order valence-electron chi connectivity index (χ0n) is 12.6. The van der Waals surface area contributed by atoms with Crippen molar-refractivity contribution < 1.29 is 9.53 Å². The van der Waals surface area contributed by atoms with E-state index in [9.17, 15) is 4.79 Å². The van der Waals surface area contributed by atoms with Gasteiger partial charge in [0.15, 0.2) is 5.13 Å². The number of nitrogen functional groups attached to an aromatic ring is 1. The van der Waals surface area contributed by atoms with Gasteiger partial charge < -0.3 is 25.6 Å². The largest absolute Gasteiger partial charge is 0.383 e. The van der Waals surface area contributed by atoms with E-state index in [1.54, 1.807) is 7.11 Å². The first-order chi connectivity index (χ1) is 10.2. The molecule has 1 saturated heterocycles. The number of ether oxygens (including phenoxy) is 1. The van der Waals surface area contributed by atoms with Crippen LogP contribution in [-0.2, 0) is 4.74 Å². The van der Waals surface area contributed by atoms with Crippen molar-refractivity contribution in [2.45, 2.75) is 6.92 Å². The van der Waals surface area contributed by atoms with Crippen LogP contribution in [0.15, 0.2) is 0 Å². The molecule has 0 bridgehead atoms. The molecule has 21 heavy (non-hydrogen) atoms. The Balaban J connectivity index is 1.96. The molecule has 0 unspecified atom stereocenters. The third kappa shape index (κ3) is 4.05.